The lowest BCUT2D eigenvalue weighted by Crippen LogP contribution is -2.26. The summed E-state index contributed by atoms with van der Waals surface area (Å²) in [4.78, 5) is 0. The molecule has 4 heteroatoms. The number of hydrogen-bond acceptors (Lipinski definition) is 3. The quantitative estimate of drug-likeness (QED) is 0.937. The number of para-hydroxylation sites is 1. The van der Waals surface area contributed by atoms with Crippen LogP contribution in [-0.2, 0) is 10.8 Å². The molecule has 3 rings (SSSR count). The van der Waals surface area contributed by atoms with Gasteiger partial charge in [-0.2, -0.15) is 0 Å². The summed E-state index contributed by atoms with van der Waals surface area (Å²) < 4.78 is 18.1. The highest BCUT2D eigenvalue weighted by Gasteiger charge is 2.23. The average Bonchev–Trinajstić information content (AvgIpc) is 2.92. The lowest BCUT2D eigenvalue weighted by atomic mass is 10.0. The van der Waals surface area contributed by atoms with Crippen LogP contribution in [0.3, 0.4) is 0 Å². The topological polar surface area (TPSA) is 56.2 Å². The van der Waals surface area contributed by atoms with Gasteiger partial charge in [-0.05, 0) is 25.0 Å². The first-order valence-electron chi connectivity index (χ1n) is 7.35. The minimum atomic E-state index is -0.844. The van der Waals surface area contributed by atoms with Gasteiger partial charge in [-0.25, -0.2) is 0 Å². The van der Waals surface area contributed by atoms with E-state index >= 15 is 0 Å². The Morgan fingerprint density at radius 3 is 2.75 bits per heavy atom. The third-order valence-electron chi connectivity index (χ3n) is 4.08. The molecule has 2 atom stereocenters. The Labute approximate surface area is 122 Å². The minimum absolute atomic E-state index is 0.273. The summed E-state index contributed by atoms with van der Waals surface area (Å²) in [5.41, 5.74) is 7.03. The molecule has 1 saturated carbocycles. The van der Waals surface area contributed by atoms with Gasteiger partial charge >= 0.3 is 0 Å². The maximum Gasteiger partial charge on any atom is 0.134 e. The molecule has 0 aliphatic heterocycles. The second kappa shape index (κ2) is 6.10. The molecule has 1 aromatic carbocycles. The van der Waals surface area contributed by atoms with Crippen molar-refractivity contribution in [3.8, 4) is 0 Å². The maximum absolute atomic E-state index is 12.4. The normalized spacial score (nSPS) is 20.1. The van der Waals surface area contributed by atoms with Crippen molar-refractivity contribution in [1.82, 2.24) is 0 Å². The van der Waals surface area contributed by atoms with E-state index in [4.69, 9.17) is 10.2 Å². The fourth-order valence-corrected chi connectivity index (χ4v) is 4.56. The van der Waals surface area contributed by atoms with Crippen LogP contribution in [0.15, 0.2) is 34.7 Å². The van der Waals surface area contributed by atoms with Crippen LogP contribution < -0.4 is 5.73 Å². The zero-order chi connectivity index (χ0) is 13.9. The van der Waals surface area contributed by atoms with Gasteiger partial charge in [-0.15, -0.1) is 0 Å². The lowest BCUT2D eigenvalue weighted by Gasteiger charge is -2.22. The Hall–Kier alpha value is -1.13. The van der Waals surface area contributed by atoms with Crippen molar-refractivity contribution in [3.05, 3.63) is 36.1 Å². The Morgan fingerprint density at radius 1 is 1.25 bits per heavy atom. The van der Waals surface area contributed by atoms with Crippen molar-refractivity contribution in [2.75, 3.05) is 5.75 Å². The highest BCUT2D eigenvalue weighted by molar-refractivity contribution is 7.85. The standard InChI is InChI=1S/C16H21NO2S/c17-14(11-20(18)13-7-2-1-3-8-13)16-10-12-6-4-5-9-15(12)19-16/h4-6,9-10,13-14H,1-3,7-8,11,17H2. The molecule has 2 unspecified atom stereocenters. The predicted octanol–water partition coefficient (Wildman–Crippen LogP) is 3.51. The number of rotatable bonds is 4. The molecule has 1 aliphatic carbocycles. The molecule has 0 amide bonds. The number of nitrogens with two attached hydrogens (primary N) is 1. The summed E-state index contributed by atoms with van der Waals surface area (Å²) in [5, 5.41) is 1.39. The monoisotopic (exact) mass is 291 g/mol. The zero-order valence-electron chi connectivity index (χ0n) is 11.6. The molecular weight excluding hydrogens is 270 g/mol. The first kappa shape index (κ1) is 13.8. The molecule has 2 N–H and O–H groups in total. The third-order valence-corrected chi connectivity index (χ3v) is 5.98. The summed E-state index contributed by atoms with van der Waals surface area (Å²) >= 11 is 0. The molecule has 20 heavy (non-hydrogen) atoms. The predicted molar refractivity (Wildman–Crippen MR) is 83.0 cm³/mol. The summed E-state index contributed by atoms with van der Waals surface area (Å²) in [7, 11) is -0.844. The summed E-state index contributed by atoms with van der Waals surface area (Å²) in [6, 6.07) is 9.56. The van der Waals surface area contributed by atoms with Crippen molar-refractivity contribution in [3.63, 3.8) is 0 Å². The van der Waals surface area contributed by atoms with Gasteiger partial charge in [0, 0.05) is 27.2 Å². The molecule has 1 heterocycles. The van der Waals surface area contributed by atoms with Crippen molar-refractivity contribution in [2.24, 2.45) is 5.73 Å². The second-order valence-electron chi connectivity index (χ2n) is 5.60. The first-order chi connectivity index (χ1) is 9.74. The van der Waals surface area contributed by atoms with Gasteiger partial charge in [0.1, 0.15) is 11.3 Å². The van der Waals surface area contributed by atoms with Gasteiger partial charge in [0.2, 0.25) is 0 Å². The van der Waals surface area contributed by atoms with E-state index in [1.54, 1.807) is 0 Å². The summed E-state index contributed by atoms with van der Waals surface area (Å²) in [6.45, 7) is 0. The summed E-state index contributed by atoms with van der Waals surface area (Å²) in [5.74, 6) is 1.25. The van der Waals surface area contributed by atoms with E-state index < -0.39 is 10.8 Å². The second-order valence-corrected chi connectivity index (χ2v) is 7.36. The Morgan fingerprint density at radius 2 is 2.00 bits per heavy atom. The number of furan rings is 1. The average molecular weight is 291 g/mol. The van der Waals surface area contributed by atoms with Crippen LogP contribution >= 0.6 is 0 Å². The molecule has 1 aromatic heterocycles. The van der Waals surface area contributed by atoms with Crippen LogP contribution in [-0.4, -0.2) is 15.2 Å². The Bertz CT molecular complexity index is 568. The van der Waals surface area contributed by atoms with E-state index in [2.05, 4.69) is 0 Å². The van der Waals surface area contributed by atoms with Gasteiger partial charge in [0.05, 0.1) is 6.04 Å². The molecule has 1 aliphatic rings. The molecule has 3 nitrogen and oxygen atoms in total. The van der Waals surface area contributed by atoms with Gasteiger partial charge in [-0.3, -0.25) is 4.21 Å². The van der Waals surface area contributed by atoms with Gasteiger partial charge < -0.3 is 10.2 Å². The van der Waals surface area contributed by atoms with Crippen LogP contribution in [0.5, 0.6) is 0 Å². The number of hydrogen-bond donors (Lipinski definition) is 1. The fourth-order valence-electron chi connectivity index (χ4n) is 2.91. The van der Waals surface area contributed by atoms with Crippen LogP contribution in [0.25, 0.3) is 11.0 Å². The van der Waals surface area contributed by atoms with E-state index in [1.165, 1.54) is 19.3 Å². The Balaban J connectivity index is 1.68. The Kier molecular flexibility index (Phi) is 4.22. The van der Waals surface area contributed by atoms with Crippen molar-refractivity contribution in [2.45, 2.75) is 43.4 Å². The van der Waals surface area contributed by atoms with Crippen LogP contribution in [0.2, 0.25) is 0 Å². The van der Waals surface area contributed by atoms with Crippen molar-refractivity contribution >= 4 is 21.8 Å². The number of fused-ring (bicyclic) bond motifs is 1. The molecule has 1 fully saturated rings. The minimum Gasteiger partial charge on any atom is -0.459 e. The van der Waals surface area contributed by atoms with E-state index in [0.29, 0.717) is 11.0 Å². The van der Waals surface area contributed by atoms with Gasteiger partial charge in [-0.1, -0.05) is 37.5 Å². The SMILES string of the molecule is NC(CS(=O)C1CCCCC1)c1cc2ccccc2o1. The van der Waals surface area contributed by atoms with Crippen molar-refractivity contribution < 1.29 is 8.63 Å². The third kappa shape index (κ3) is 2.96. The largest absolute Gasteiger partial charge is 0.459 e. The number of benzene rings is 1. The molecule has 0 saturated heterocycles. The van der Waals surface area contributed by atoms with E-state index in [0.717, 1.165) is 29.6 Å². The zero-order valence-corrected chi connectivity index (χ0v) is 12.4. The first-order valence-corrected chi connectivity index (χ1v) is 8.73. The van der Waals surface area contributed by atoms with E-state index in [-0.39, 0.29) is 6.04 Å². The molecule has 0 spiro atoms. The maximum atomic E-state index is 12.4. The van der Waals surface area contributed by atoms with Crippen LogP contribution in [0.4, 0.5) is 0 Å². The molecular formula is C16H21NO2S. The van der Waals surface area contributed by atoms with Crippen LogP contribution in [0, 0.1) is 0 Å². The molecule has 108 valence electrons. The fraction of sp³-hybridized carbons (Fsp3) is 0.500. The smallest absolute Gasteiger partial charge is 0.134 e. The van der Waals surface area contributed by atoms with E-state index in [9.17, 15) is 4.21 Å². The van der Waals surface area contributed by atoms with Gasteiger partial charge in [0.15, 0.2) is 0 Å². The highest BCUT2D eigenvalue weighted by Crippen LogP contribution is 2.26. The lowest BCUT2D eigenvalue weighted by molar-refractivity contribution is 0.495. The van der Waals surface area contributed by atoms with Crippen molar-refractivity contribution in [1.29, 1.82) is 0 Å². The summed E-state index contributed by atoms with van der Waals surface area (Å²) in [6.07, 6.45) is 5.86. The highest BCUT2D eigenvalue weighted by atomic mass is 32.2. The van der Waals surface area contributed by atoms with Crippen LogP contribution in [0.1, 0.15) is 43.9 Å². The van der Waals surface area contributed by atoms with Gasteiger partial charge in [0.25, 0.3) is 0 Å². The molecule has 0 bridgehead atoms. The molecule has 0 radical (unpaired) electrons. The molecule has 2 aromatic rings. The van der Waals surface area contributed by atoms with E-state index in [1.807, 2.05) is 30.3 Å².